The Hall–Kier alpha value is -1.79. The molecule has 0 saturated carbocycles. The molecule has 0 radical (unpaired) electrons. The molecule has 1 amide bonds. The number of nitrogens with zero attached hydrogens (tertiary/aromatic N) is 2. The molecule has 3 fully saturated rings. The van der Waals surface area contributed by atoms with E-state index in [-0.39, 0.29) is 12.5 Å². The zero-order valence-electron chi connectivity index (χ0n) is 13.0. The SMILES string of the molecule is COc1cccc(OCC(=O)NCC2CN3CCN2CC3)c1. The Balaban J connectivity index is 1.41. The number of carbonyl (C=O) groups excluding carboxylic acids is 1. The van der Waals surface area contributed by atoms with Gasteiger partial charge < -0.3 is 14.8 Å². The van der Waals surface area contributed by atoms with E-state index in [1.54, 1.807) is 13.2 Å². The fourth-order valence-electron chi connectivity index (χ4n) is 3.04. The molecule has 0 spiro atoms. The molecule has 6 heteroatoms. The van der Waals surface area contributed by atoms with Crippen molar-refractivity contribution in [1.82, 2.24) is 15.1 Å². The van der Waals surface area contributed by atoms with E-state index >= 15 is 0 Å². The van der Waals surface area contributed by atoms with E-state index in [0.717, 1.165) is 38.5 Å². The quantitative estimate of drug-likeness (QED) is 0.813. The molecular weight excluding hydrogens is 282 g/mol. The zero-order chi connectivity index (χ0) is 15.4. The molecule has 3 aliphatic rings. The van der Waals surface area contributed by atoms with E-state index in [4.69, 9.17) is 9.47 Å². The summed E-state index contributed by atoms with van der Waals surface area (Å²) in [5, 5.41) is 2.97. The van der Waals surface area contributed by atoms with Gasteiger partial charge in [-0.3, -0.25) is 14.6 Å². The van der Waals surface area contributed by atoms with Gasteiger partial charge in [-0.2, -0.15) is 0 Å². The number of methoxy groups -OCH3 is 1. The van der Waals surface area contributed by atoms with Crippen molar-refractivity contribution in [3.8, 4) is 11.5 Å². The highest BCUT2D eigenvalue weighted by atomic mass is 16.5. The van der Waals surface area contributed by atoms with Crippen molar-refractivity contribution in [3.05, 3.63) is 24.3 Å². The van der Waals surface area contributed by atoms with Gasteiger partial charge in [-0.1, -0.05) is 6.07 Å². The summed E-state index contributed by atoms with van der Waals surface area (Å²) in [5.41, 5.74) is 0. The molecule has 22 heavy (non-hydrogen) atoms. The lowest BCUT2D eigenvalue weighted by Crippen LogP contribution is -2.63. The van der Waals surface area contributed by atoms with E-state index in [1.807, 2.05) is 18.2 Å². The van der Waals surface area contributed by atoms with E-state index < -0.39 is 0 Å². The van der Waals surface area contributed by atoms with Gasteiger partial charge in [-0.25, -0.2) is 0 Å². The van der Waals surface area contributed by atoms with Gasteiger partial charge in [0.15, 0.2) is 6.61 Å². The standard InChI is InChI=1S/C16H23N3O3/c1-21-14-3-2-4-15(9-14)22-12-16(20)17-10-13-11-18-5-7-19(13)8-6-18/h2-4,9,13H,5-8,10-12H2,1H3,(H,17,20). The third kappa shape index (κ3) is 3.69. The van der Waals surface area contributed by atoms with Crippen molar-refractivity contribution in [2.75, 3.05) is 53.0 Å². The van der Waals surface area contributed by atoms with Crippen molar-refractivity contribution >= 4 is 5.91 Å². The van der Waals surface area contributed by atoms with Gasteiger partial charge >= 0.3 is 0 Å². The van der Waals surface area contributed by atoms with Crippen LogP contribution in [-0.4, -0.2) is 74.7 Å². The fourth-order valence-corrected chi connectivity index (χ4v) is 3.04. The topological polar surface area (TPSA) is 54.0 Å². The molecule has 0 aromatic heterocycles. The largest absolute Gasteiger partial charge is 0.497 e. The fraction of sp³-hybridized carbons (Fsp3) is 0.562. The van der Waals surface area contributed by atoms with Gasteiger partial charge in [0.05, 0.1) is 7.11 Å². The first kappa shape index (κ1) is 15.1. The zero-order valence-corrected chi connectivity index (χ0v) is 13.0. The van der Waals surface area contributed by atoms with Crippen molar-refractivity contribution in [1.29, 1.82) is 0 Å². The van der Waals surface area contributed by atoms with Crippen LogP contribution in [0.15, 0.2) is 24.3 Å². The highest BCUT2D eigenvalue weighted by Crippen LogP contribution is 2.18. The average Bonchev–Trinajstić information content (AvgIpc) is 2.59. The number of ether oxygens (including phenoxy) is 2. The van der Waals surface area contributed by atoms with E-state index in [0.29, 0.717) is 18.3 Å². The third-order valence-electron chi connectivity index (χ3n) is 4.34. The van der Waals surface area contributed by atoms with E-state index in [9.17, 15) is 4.79 Å². The Labute approximate surface area is 131 Å². The Kier molecular flexibility index (Phi) is 4.80. The van der Waals surface area contributed by atoms with Crippen LogP contribution in [0.5, 0.6) is 11.5 Å². The lowest BCUT2D eigenvalue weighted by atomic mass is 10.1. The van der Waals surface area contributed by atoms with Gasteiger partial charge in [0.25, 0.3) is 5.91 Å². The number of fused-ring (bicyclic) bond motifs is 3. The van der Waals surface area contributed by atoms with Crippen LogP contribution in [0, 0.1) is 0 Å². The van der Waals surface area contributed by atoms with Crippen LogP contribution < -0.4 is 14.8 Å². The predicted molar refractivity (Wildman–Crippen MR) is 83.3 cm³/mol. The summed E-state index contributed by atoms with van der Waals surface area (Å²) in [6.07, 6.45) is 0. The molecule has 1 atom stereocenters. The van der Waals surface area contributed by atoms with Crippen LogP contribution in [0.1, 0.15) is 0 Å². The highest BCUT2D eigenvalue weighted by molar-refractivity contribution is 5.77. The Morgan fingerprint density at radius 1 is 1.27 bits per heavy atom. The number of carbonyl (C=O) groups is 1. The van der Waals surface area contributed by atoms with Crippen molar-refractivity contribution in [2.45, 2.75) is 6.04 Å². The summed E-state index contributed by atoms with van der Waals surface area (Å²) in [6, 6.07) is 7.70. The van der Waals surface area contributed by atoms with Gasteiger partial charge in [-0.15, -0.1) is 0 Å². The molecule has 120 valence electrons. The number of nitrogens with one attached hydrogen (secondary N) is 1. The molecule has 3 saturated heterocycles. The van der Waals surface area contributed by atoms with Gasteiger partial charge in [0.1, 0.15) is 11.5 Å². The summed E-state index contributed by atoms with van der Waals surface area (Å²) in [4.78, 5) is 16.8. The molecule has 6 nitrogen and oxygen atoms in total. The molecular formula is C16H23N3O3. The maximum Gasteiger partial charge on any atom is 0.257 e. The minimum absolute atomic E-state index is 0.0314. The second kappa shape index (κ2) is 6.98. The van der Waals surface area contributed by atoms with Crippen LogP contribution in [0.25, 0.3) is 0 Å². The highest BCUT2D eigenvalue weighted by Gasteiger charge is 2.31. The summed E-state index contributed by atoms with van der Waals surface area (Å²) in [5.74, 6) is 1.28. The molecule has 4 rings (SSSR count). The van der Waals surface area contributed by atoms with Crippen molar-refractivity contribution in [2.24, 2.45) is 0 Å². The maximum absolute atomic E-state index is 11.9. The van der Waals surface area contributed by atoms with E-state index in [2.05, 4.69) is 15.1 Å². The van der Waals surface area contributed by atoms with Gasteiger partial charge in [-0.05, 0) is 12.1 Å². The van der Waals surface area contributed by atoms with Crippen LogP contribution in [0.2, 0.25) is 0 Å². The predicted octanol–water partition coefficient (Wildman–Crippen LogP) is 0.190. The number of hydrogen-bond donors (Lipinski definition) is 1. The van der Waals surface area contributed by atoms with Gasteiger partial charge in [0, 0.05) is 51.4 Å². The van der Waals surface area contributed by atoms with Crippen molar-refractivity contribution in [3.63, 3.8) is 0 Å². The van der Waals surface area contributed by atoms with Crippen LogP contribution in [0.4, 0.5) is 0 Å². The first-order chi connectivity index (χ1) is 10.7. The minimum atomic E-state index is -0.0829. The van der Waals surface area contributed by atoms with Crippen LogP contribution >= 0.6 is 0 Å². The molecule has 3 heterocycles. The maximum atomic E-state index is 11.9. The Morgan fingerprint density at radius 3 is 2.73 bits per heavy atom. The average molecular weight is 305 g/mol. The molecule has 1 N–H and O–H groups in total. The number of piperazine rings is 3. The summed E-state index contributed by atoms with van der Waals surface area (Å²) in [6.45, 7) is 6.31. The lowest BCUT2D eigenvalue weighted by Gasteiger charge is -2.47. The molecule has 3 aliphatic heterocycles. The number of amides is 1. The number of rotatable bonds is 6. The first-order valence-electron chi connectivity index (χ1n) is 7.74. The second-order valence-electron chi connectivity index (χ2n) is 5.76. The first-order valence-corrected chi connectivity index (χ1v) is 7.74. The summed E-state index contributed by atoms with van der Waals surface area (Å²) in [7, 11) is 1.61. The van der Waals surface area contributed by atoms with Crippen LogP contribution in [0.3, 0.4) is 0 Å². The smallest absolute Gasteiger partial charge is 0.257 e. The molecule has 2 bridgehead atoms. The molecule has 1 unspecified atom stereocenters. The number of hydrogen-bond acceptors (Lipinski definition) is 5. The molecule has 0 aliphatic carbocycles. The Bertz CT molecular complexity index is 515. The number of benzene rings is 1. The Morgan fingerprint density at radius 2 is 2.05 bits per heavy atom. The normalized spacial score (nSPS) is 26.5. The monoisotopic (exact) mass is 305 g/mol. The van der Waals surface area contributed by atoms with Crippen LogP contribution in [-0.2, 0) is 4.79 Å². The third-order valence-corrected chi connectivity index (χ3v) is 4.34. The summed E-state index contributed by atoms with van der Waals surface area (Å²) >= 11 is 0. The molecule has 1 aromatic carbocycles. The second-order valence-corrected chi connectivity index (χ2v) is 5.76. The summed E-state index contributed by atoms with van der Waals surface area (Å²) < 4.78 is 10.6. The van der Waals surface area contributed by atoms with E-state index in [1.165, 1.54) is 0 Å². The lowest BCUT2D eigenvalue weighted by molar-refractivity contribution is -0.123. The van der Waals surface area contributed by atoms with Gasteiger partial charge in [0.2, 0.25) is 0 Å². The van der Waals surface area contributed by atoms with Crippen molar-refractivity contribution < 1.29 is 14.3 Å². The molecule has 1 aromatic rings. The minimum Gasteiger partial charge on any atom is -0.497 e.